The van der Waals surface area contributed by atoms with Crippen molar-refractivity contribution in [3.05, 3.63) is 65.8 Å². The van der Waals surface area contributed by atoms with Crippen LogP contribution in [0.5, 0.6) is 57.5 Å². The number of Topliss-reactive ketones (excluding diaryl/α,β-unsaturated/α-hetero) is 2. The molecule has 0 amide bonds. The fourth-order valence-electron chi connectivity index (χ4n) is 8.43. The zero-order chi connectivity index (χ0) is 51.2. The Kier molecular flexibility index (Phi) is 16.7. The van der Waals surface area contributed by atoms with Crippen molar-refractivity contribution in [3.8, 4) is 68.6 Å². The lowest BCUT2D eigenvalue weighted by molar-refractivity contribution is -0.170. The Bertz CT molecular complexity index is 2530. The minimum atomic E-state index is -2.35. The van der Waals surface area contributed by atoms with Crippen LogP contribution >= 0.6 is 45.2 Å². The molecule has 0 aromatic heterocycles. The first-order valence-corrected chi connectivity index (χ1v) is 22.9. The van der Waals surface area contributed by atoms with Crippen molar-refractivity contribution < 1.29 is 95.1 Å². The summed E-state index contributed by atoms with van der Waals surface area (Å²) in [7, 11) is 12.7. The molecule has 0 atom stereocenters. The summed E-state index contributed by atoms with van der Waals surface area (Å²) in [6.45, 7) is -0.485. The fraction of sp³-hybridized carbons (Fsp3) is 0.375. The molecule has 70 heavy (non-hydrogen) atoms. The van der Waals surface area contributed by atoms with E-state index in [4.69, 9.17) is 66.3 Å². The first-order chi connectivity index (χ1) is 33.5. The summed E-state index contributed by atoms with van der Waals surface area (Å²) in [5.74, 6) is -4.18. The van der Waals surface area contributed by atoms with Gasteiger partial charge in [-0.25, -0.2) is 0 Å². The van der Waals surface area contributed by atoms with Crippen molar-refractivity contribution in [2.24, 2.45) is 10.8 Å². The molecule has 2 aliphatic heterocycles. The van der Waals surface area contributed by atoms with Crippen LogP contribution in [0.25, 0.3) is 11.1 Å². The van der Waals surface area contributed by atoms with Crippen LogP contribution in [-0.2, 0) is 51.0 Å². The summed E-state index contributed by atoms with van der Waals surface area (Å²) < 4.78 is 78.1. The Morgan fingerprint density at radius 1 is 0.443 bits per heavy atom. The summed E-state index contributed by atoms with van der Waals surface area (Å²) in [6.07, 6.45) is -2.65. The van der Waals surface area contributed by atoms with Crippen LogP contribution in [0, 0.1) is 18.0 Å². The molecule has 4 aromatic carbocycles. The normalized spacial score (nSPS) is 12.3. The SMILES string of the molecule is COC(=O)C(CC(=O)c1cc2c(cc1-c1cc3c(cc1C(=O)CC(Cc1cc(OC)c(OC)c(OC)c1I)(C(=O)OC)C(=O)OC)OCO3)OCO2)(Cc1cc(OC)c(OC)c(OC)c1I)C(=O)OC. The highest BCUT2D eigenvalue weighted by Gasteiger charge is 2.53. The molecule has 20 nitrogen and oxygen atoms in total. The van der Waals surface area contributed by atoms with Crippen LogP contribution in [0.1, 0.15) is 44.7 Å². The minimum absolute atomic E-state index is 0.0304. The third-order valence-corrected chi connectivity index (χ3v) is 14.2. The van der Waals surface area contributed by atoms with Gasteiger partial charge in [0.05, 0.1) is 78.2 Å². The van der Waals surface area contributed by atoms with E-state index in [1.54, 1.807) is 0 Å². The average Bonchev–Trinajstić information content (AvgIpc) is 4.06. The van der Waals surface area contributed by atoms with E-state index < -0.39 is 72.0 Å². The second kappa shape index (κ2) is 22.1. The summed E-state index contributed by atoms with van der Waals surface area (Å²) in [5, 5.41) is 0. The van der Waals surface area contributed by atoms with Gasteiger partial charge in [-0.1, -0.05) is 0 Å². The van der Waals surface area contributed by atoms with Crippen molar-refractivity contribution >= 4 is 80.6 Å². The van der Waals surface area contributed by atoms with Crippen LogP contribution < -0.4 is 47.4 Å². The Balaban J connectivity index is 1.55. The van der Waals surface area contributed by atoms with Crippen molar-refractivity contribution in [1.29, 1.82) is 0 Å². The molecule has 6 rings (SSSR count). The third kappa shape index (κ3) is 9.57. The Hall–Kier alpha value is -6.44. The van der Waals surface area contributed by atoms with E-state index in [-0.39, 0.29) is 93.3 Å². The molecule has 0 N–H and O–H groups in total. The van der Waals surface area contributed by atoms with Gasteiger partial charge >= 0.3 is 23.9 Å². The molecule has 22 heteroatoms. The number of fused-ring (bicyclic) bond motifs is 2. The number of hydrogen-bond acceptors (Lipinski definition) is 20. The summed E-state index contributed by atoms with van der Waals surface area (Å²) in [6, 6.07) is 8.65. The van der Waals surface area contributed by atoms with Crippen molar-refractivity contribution in [3.63, 3.8) is 0 Å². The number of carbonyl (C=O) groups excluding carboxylic acids is 6. The number of ketones is 2. The van der Waals surface area contributed by atoms with Gasteiger partial charge in [0.1, 0.15) is 0 Å². The summed E-state index contributed by atoms with van der Waals surface area (Å²) in [4.78, 5) is 87.0. The van der Waals surface area contributed by atoms with Gasteiger partial charge < -0.3 is 66.3 Å². The highest BCUT2D eigenvalue weighted by atomic mass is 127. The summed E-state index contributed by atoms with van der Waals surface area (Å²) >= 11 is 3.93. The lowest BCUT2D eigenvalue weighted by Gasteiger charge is -2.29. The fourth-order valence-corrected chi connectivity index (χ4v) is 10.1. The largest absolute Gasteiger partial charge is 0.493 e. The molecule has 0 radical (unpaired) electrons. The van der Waals surface area contributed by atoms with E-state index in [0.717, 1.165) is 28.4 Å². The molecule has 374 valence electrons. The Morgan fingerprint density at radius 2 is 0.743 bits per heavy atom. The molecule has 0 saturated heterocycles. The number of esters is 4. The number of carbonyl (C=O) groups is 6. The van der Waals surface area contributed by atoms with E-state index in [0.29, 0.717) is 18.3 Å². The maximum absolute atomic E-state index is 15.2. The van der Waals surface area contributed by atoms with Crippen LogP contribution in [0.15, 0.2) is 36.4 Å². The quantitative estimate of drug-likeness (QED) is 0.0290. The molecule has 4 aromatic rings. The number of benzene rings is 4. The molecule has 2 aliphatic rings. The van der Waals surface area contributed by atoms with E-state index >= 15 is 9.59 Å². The number of ether oxygens (including phenoxy) is 14. The Morgan fingerprint density at radius 3 is 1.01 bits per heavy atom. The molecule has 0 aliphatic carbocycles. The molecule has 0 fully saturated rings. The second-order valence-electron chi connectivity index (χ2n) is 15.4. The average molecular weight is 1200 g/mol. The molecule has 0 spiro atoms. The van der Waals surface area contributed by atoms with Crippen molar-refractivity contribution in [2.75, 3.05) is 84.7 Å². The second-order valence-corrected chi connectivity index (χ2v) is 17.6. The molecule has 0 saturated carbocycles. The lowest BCUT2D eigenvalue weighted by Crippen LogP contribution is -2.45. The maximum atomic E-state index is 15.2. The Labute approximate surface area is 428 Å². The topological polar surface area (TPSA) is 232 Å². The van der Waals surface area contributed by atoms with Crippen molar-refractivity contribution in [1.82, 2.24) is 0 Å². The molecular weight excluding hydrogens is 1150 g/mol. The standard InChI is InChI=1S/C48H48I2O20/c1-57-35-11-23(37(49)41(61-5)39(35)59-3)17-47(43(53)63-7,44(54)64-8)19-29(51)27-15-33-31(67-21-69-33)13-25(27)26-14-32-34(70-22-68-32)16-28(26)30(52)20-48(45(55)65-9,46(56)66-10)18-24-12-36(58-2)40(60-4)42(62-6)38(24)50/h11-16H,17-22H2,1-10H3. The number of rotatable bonds is 21. The first-order valence-electron chi connectivity index (χ1n) is 20.7. The summed E-state index contributed by atoms with van der Waals surface area (Å²) in [5.41, 5.74) is -4.30. The van der Waals surface area contributed by atoms with Crippen LogP contribution in [-0.4, -0.2) is 120 Å². The van der Waals surface area contributed by atoms with Crippen molar-refractivity contribution in [2.45, 2.75) is 25.7 Å². The highest BCUT2D eigenvalue weighted by molar-refractivity contribution is 14.1. The molecule has 2 heterocycles. The van der Waals surface area contributed by atoms with Gasteiger partial charge in [-0.3, -0.25) is 28.8 Å². The third-order valence-electron chi connectivity index (χ3n) is 11.8. The van der Waals surface area contributed by atoms with E-state index in [1.807, 2.05) is 45.2 Å². The van der Waals surface area contributed by atoms with Gasteiger partial charge in [0.2, 0.25) is 25.1 Å². The van der Waals surface area contributed by atoms with Gasteiger partial charge in [0.15, 0.2) is 68.4 Å². The molecule has 0 unspecified atom stereocenters. The van der Waals surface area contributed by atoms with Crippen LogP contribution in [0.3, 0.4) is 0 Å². The van der Waals surface area contributed by atoms with E-state index in [2.05, 4.69) is 0 Å². The van der Waals surface area contributed by atoms with Gasteiger partial charge in [0.25, 0.3) is 0 Å². The zero-order valence-corrected chi connectivity index (χ0v) is 43.9. The maximum Gasteiger partial charge on any atom is 0.324 e. The molecular formula is C48H48I2O20. The number of methoxy groups -OCH3 is 10. The van der Waals surface area contributed by atoms with Gasteiger partial charge in [0, 0.05) is 36.8 Å². The van der Waals surface area contributed by atoms with Gasteiger partial charge in [-0.15, -0.1) is 0 Å². The van der Waals surface area contributed by atoms with E-state index in [9.17, 15) is 19.2 Å². The first kappa shape index (κ1) is 52.9. The number of hydrogen-bond donors (Lipinski definition) is 0. The minimum Gasteiger partial charge on any atom is -0.493 e. The predicted octanol–water partition coefficient (Wildman–Crippen LogP) is 6.37. The highest BCUT2D eigenvalue weighted by Crippen LogP contribution is 2.50. The number of halogens is 2. The zero-order valence-electron chi connectivity index (χ0n) is 39.6. The van der Waals surface area contributed by atoms with E-state index in [1.165, 1.54) is 79.1 Å². The monoisotopic (exact) mass is 1200 g/mol. The smallest absolute Gasteiger partial charge is 0.324 e. The lowest BCUT2D eigenvalue weighted by atomic mass is 9.74. The molecule has 0 bridgehead atoms. The van der Waals surface area contributed by atoms with Gasteiger partial charge in [-0.2, -0.15) is 0 Å². The van der Waals surface area contributed by atoms with Crippen LogP contribution in [0.4, 0.5) is 0 Å². The van der Waals surface area contributed by atoms with Gasteiger partial charge in [-0.05, 0) is 104 Å². The predicted molar refractivity (Wildman–Crippen MR) is 260 cm³/mol. The van der Waals surface area contributed by atoms with Crippen LogP contribution in [0.2, 0.25) is 0 Å².